The van der Waals surface area contributed by atoms with Gasteiger partial charge in [0, 0.05) is 29.6 Å². The summed E-state index contributed by atoms with van der Waals surface area (Å²) in [6.07, 6.45) is 5.73. The predicted octanol–water partition coefficient (Wildman–Crippen LogP) is 1.50. The number of hydrogen-bond donors (Lipinski definition) is 2. The quantitative estimate of drug-likeness (QED) is 0.346. The number of hydrogen-bond acceptors (Lipinski definition) is 10. The molecule has 216 valence electrons. The van der Waals surface area contributed by atoms with Crippen molar-refractivity contribution in [3.63, 3.8) is 0 Å². The van der Waals surface area contributed by atoms with Gasteiger partial charge < -0.3 is 19.8 Å². The van der Waals surface area contributed by atoms with Gasteiger partial charge in [-0.05, 0) is 56.1 Å². The third-order valence-electron chi connectivity index (χ3n) is 10.2. The lowest BCUT2D eigenvalue weighted by Crippen LogP contribution is -2.61. The number of nitrogens with zero attached hydrogens (tertiary/aromatic N) is 1. The number of carbonyl (C=O) groups excluding carboxylic acids is 6. The van der Waals surface area contributed by atoms with Crippen molar-refractivity contribution in [3.05, 3.63) is 23.8 Å². The van der Waals surface area contributed by atoms with Crippen molar-refractivity contribution >= 4 is 35.3 Å². The molecule has 1 saturated heterocycles. The molecular formula is C29H35NO10. The fourth-order valence-electron chi connectivity index (χ4n) is 8.14. The van der Waals surface area contributed by atoms with Crippen LogP contribution in [0, 0.1) is 28.6 Å². The number of aliphatic hydroxyl groups is 2. The summed E-state index contributed by atoms with van der Waals surface area (Å²) in [6.45, 7) is 3.19. The van der Waals surface area contributed by atoms with Crippen LogP contribution >= 0.6 is 0 Å². The summed E-state index contributed by atoms with van der Waals surface area (Å²) in [5.74, 6) is -3.94. The Kier molecular flexibility index (Phi) is 7.11. The Balaban J connectivity index is 1.20. The number of allylic oxidation sites excluding steroid dienone is 4. The molecule has 1 aliphatic heterocycles. The Morgan fingerprint density at radius 1 is 1.02 bits per heavy atom. The van der Waals surface area contributed by atoms with E-state index in [2.05, 4.69) is 0 Å². The summed E-state index contributed by atoms with van der Waals surface area (Å²) in [4.78, 5) is 77.3. The number of esters is 1. The maximum Gasteiger partial charge on any atom is 0.333 e. The molecule has 3 saturated carbocycles. The molecule has 11 nitrogen and oxygen atoms in total. The fourth-order valence-corrected chi connectivity index (χ4v) is 8.14. The summed E-state index contributed by atoms with van der Waals surface area (Å²) in [7, 11) is 0. The van der Waals surface area contributed by atoms with Gasteiger partial charge in [-0.15, -0.1) is 5.06 Å². The van der Waals surface area contributed by atoms with E-state index in [4.69, 9.17) is 9.57 Å². The van der Waals surface area contributed by atoms with E-state index < -0.39 is 71.5 Å². The largest absolute Gasteiger partial charge is 0.458 e. The molecular weight excluding hydrogens is 522 g/mol. The van der Waals surface area contributed by atoms with Gasteiger partial charge in [0.05, 0.1) is 18.9 Å². The second-order valence-electron chi connectivity index (χ2n) is 12.2. The molecule has 5 aliphatic rings. The van der Waals surface area contributed by atoms with Crippen molar-refractivity contribution in [2.75, 3.05) is 6.61 Å². The molecule has 5 rings (SSSR count). The summed E-state index contributed by atoms with van der Waals surface area (Å²) < 4.78 is 5.08. The molecule has 0 unspecified atom stereocenters. The van der Waals surface area contributed by atoms with Gasteiger partial charge in [-0.2, -0.15) is 0 Å². The van der Waals surface area contributed by atoms with Gasteiger partial charge in [0.1, 0.15) is 5.60 Å². The molecule has 0 radical (unpaired) electrons. The minimum absolute atomic E-state index is 0.0403. The summed E-state index contributed by atoms with van der Waals surface area (Å²) in [6, 6.07) is 0. The van der Waals surface area contributed by atoms with Crippen LogP contribution in [0.1, 0.15) is 71.6 Å². The second-order valence-corrected chi connectivity index (χ2v) is 12.2. The number of aliphatic hydroxyl groups excluding tert-OH is 1. The van der Waals surface area contributed by atoms with Crippen LogP contribution in [0.2, 0.25) is 0 Å². The third-order valence-corrected chi connectivity index (χ3v) is 10.2. The molecule has 2 amide bonds. The van der Waals surface area contributed by atoms with Crippen molar-refractivity contribution in [2.45, 2.75) is 83.3 Å². The second kappa shape index (κ2) is 10.0. The first-order valence-corrected chi connectivity index (χ1v) is 13.9. The molecule has 0 spiro atoms. The van der Waals surface area contributed by atoms with Crippen molar-refractivity contribution < 1.29 is 48.6 Å². The van der Waals surface area contributed by atoms with Crippen LogP contribution in [0.25, 0.3) is 0 Å². The van der Waals surface area contributed by atoms with Crippen LogP contribution in [0.5, 0.6) is 0 Å². The van der Waals surface area contributed by atoms with Crippen LogP contribution in [-0.4, -0.2) is 68.9 Å². The maximum absolute atomic E-state index is 13.3. The van der Waals surface area contributed by atoms with E-state index in [0.29, 0.717) is 17.9 Å². The van der Waals surface area contributed by atoms with Gasteiger partial charge in [-0.1, -0.05) is 25.5 Å². The van der Waals surface area contributed by atoms with E-state index in [1.54, 1.807) is 12.2 Å². The van der Waals surface area contributed by atoms with Gasteiger partial charge in [0.15, 0.2) is 12.4 Å². The number of fused-ring (bicyclic) bond motifs is 5. The lowest BCUT2D eigenvalue weighted by atomic mass is 9.46. The minimum atomic E-state index is -1.80. The summed E-state index contributed by atoms with van der Waals surface area (Å²) in [5.41, 5.74) is -2.17. The van der Waals surface area contributed by atoms with Gasteiger partial charge in [0.2, 0.25) is 5.78 Å². The highest BCUT2D eigenvalue weighted by Crippen LogP contribution is 2.67. The molecule has 11 heteroatoms. The van der Waals surface area contributed by atoms with Crippen molar-refractivity contribution in [1.82, 2.24) is 5.06 Å². The fraction of sp³-hybridized carbons (Fsp3) is 0.655. The zero-order valence-corrected chi connectivity index (χ0v) is 22.7. The highest BCUT2D eigenvalue weighted by molar-refractivity contribution is 6.02. The predicted molar refractivity (Wildman–Crippen MR) is 135 cm³/mol. The number of imide groups is 1. The zero-order valence-electron chi connectivity index (χ0n) is 22.7. The summed E-state index contributed by atoms with van der Waals surface area (Å²) in [5, 5.41) is 23.6. The Bertz CT molecular complexity index is 1220. The number of amides is 2. The van der Waals surface area contributed by atoms with E-state index in [0.717, 1.165) is 12.0 Å². The molecule has 4 fully saturated rings. The Hall–Kier alpha value is -3.18. The molecule has 0 aromatic heterocycles. The SMILES string of the molecule is C[C@]12C=CC(=O)C=C1CC[C@@H]1[C@H]2[C@@H](O)C[C@@]2(C)[C@@H]1CC[C@@]2(O)C(=O)COC(=O)CCC(=O)ON1C(=O)CCC1=O. The van der Waals surface area contributed by atoms with E-state index >= 15 is 0 Å². The van der Waals surface area contributed by atoms with Gasteiger partial charge >= 0.3 is 11.9 Å². The van der Waals surface area contributed by atoms with E-state index in [-0.39, 0.29) is 49.2 Å². The molecule has 0 aromatic rings. The average Bonchev–Trinajstić information content (AvgIpc) is 3.36. The first-order chi connectivity index (χ1) is 18.8. The first-order valence-electron chi connectivity index (χ1n) is 13.9. The van der Waals surface area contributed by atoms with Crippen LogP contribution in [0.15, 0.2) is 23.8 Å². The van der Waals surface area contributed by atoms with Crippen LogP contribution in [0.4, 0.5) is 0 Å². The topological polar surface area (TPSA) is 165 Å². The molecule has 2 N–H and O–H groups in total. The first kappa shape index (κ1) is 28.4. The number of hydroxylamine groups is 2. The standard InChI is InChI=1S/C29H35NO10/c1-27-11-9-17(31)13-16(27)3-4-18-19-10-12-29(38,28(19,2)14-20(32)26(18)27)21(33)15-39-24(36)7-8-25(37)40-30-22(34)5-6-23(30)35/h9,11,13,18-20,26,32,38H,3-8,10,12,14-15H2,1-2H3/t18-,19+,20-,26-,27-,28-,29+/m0/s1. The number of ether oxygens (including phenoxy) is 1. The van der Waals surface area contributed by atoms with E-state index in [9.17, 15) is 39.0 Å². The molecule has 4 aliphatic carbocycles. The average molecular weight is 558 g/mol. The summed E-state index contributed by atoms with van der Waals surface area (Å²) >= 11 is 0. The van der Waals surface area contributed by atoms with Crippen LogP contribution in [-0.2, 0) is 38.3 Å². The number of rotatable bonds is 7. The highest BCUT2D eigenvalue weighted by Gasteiger charge is 2.68. The monoisotopic (exact) mass is 557 g/mol. The Labute approximate surface area is 231 Å². The van der Waals surface area contributed by atoms with Crippen molar-refractivity contribution in [3.8, 4) is 0 Å². The highest BCUT2D eigenvalue weighted by atomic mass is 16.7. The minimum Gasteiger partial charge on any atom is -0.458 e. The Morgan fingerprint density at radius 2 is 1.70 bits per heavy atom. The van der Waals surface area contributed by atoms with Gasteiger partial charge in [-0.3, -0.25) is 24.0 Å². The normalized spacial score (nSPS) is 38.4. The number of ketones is 2. The van der Waals surface area contributed by atoms with Crippen LogP contribution in [0.3, 0.4) is 0 Å². The number of Topliss-reactive ketones (excluding diaryl/α,β-unsaturated/α-hetero) is 1. The van der Waals surface area contributed by atoms with Gasteiger partial charge in [-0.25, -0.2) is 4.79 Å². The lowest BCUT2D eigenvalue weighted by molar-refractivity contribution is -0.197. The molecule has 0 aromatic carbocycles. The Morgan fingerprint density at radius 3 is 2.40 bits per heavy atom. The van der Waals surface area contributed by atoms with Gasteiger partial charge in [0.25, 0.3) is 11.8 Å². The smallest absolute Gasteiger partial charge is 0.333 e. The van der Waals surface area contributed by atoms with Crippen molar-refractivity contribution in [1.29, 1.82) is 0 Å². The molecule has 7 atom stereocenters. The van der Waals surface area contributed by atoms with Crippen molar-refractivity contribution in [2.24, 2.45) is 28.6 Å². The third kappa shape index (κ3) is 4.43. The lowest BCUT2D eigenvalue weighted by Gasteiger charge is -2.59. The zero-order chi connectivity index (χ0) is 29.0. The number of carbonyl (C=O) groups is 6. The maximum atomic E-state index is 13.3. The molecule has 0 bridgehead atoms. The van der Waals surface area contributed by atoms with E-state index in [1.807, 2.05) is 19.9 Å². The van der Waals surface area contributed by atoms with E-state index in [1.165, 1.54) is 0 Å². The van der Waals surface area contributed by atoms with Crippen LogP contribution < -0.4 is 0 Å². The molecule has 1 heterocycles. The molecule has 40 heavy (non-hydrogen) atoms.